The fraction of sp³-hybridized carbons (Fsp3) is 0.500. The van der Waals surface area contributed by atoms with E-state index >= 15 is 0 Å². The molecule has 1 aromatic heterocycles. The molecule has 0 aliphatic heterocycles. The molecule has 0 bridgehead atoms. The Bertz CT molecular complexity index is 739. The standard InChI is InChI=1S/C18H24FN5O/c1-12-15(19)8-5-9-16(12)22-17(25)10-20-13(2)18-23-21-11-24(18)14-6-3-4-7-14/h5,8-9,11,13-14,20H,3-4,6-7,10H2,1-2H3,(H,22,25)/t13-/m0/s1. The van der Waals surface area contributed by atoms with Crippen molar-refractivity contribution in [2.45, 2.75) is 51.6 Å². The van der Waals surface area contributed by atoms with Gasteiger partial charge in [0, 0.05) is 17.3 Å². The Hall–Kier alpha value is -2.28. The summed E-state index contributed by atoms with van der Waals surface area (Å²) < 4.78 is 15.7. The molecular weight excluding hydrogens is 321 g/mol. The molecule has 0 saturated heterocycles. The van der Waals surface area contributed by atoms with Crippen molar-refractivity contribution in [1.29, 1.82) is 0 Å². The Labute approximate surface area is 146 Å². The molecule has 2 N–H and O–H groups in total. The highest BCUT2D eigenvalue weighted by Crippen LogP contribution is 2.31. The third-order valence-electron chi connectivity index (χ3n) is 4.82. The molecule has 2 aromatic rings. The first-order chi connectivity index (χ1) is 12.1. The van der Waals surface area contributed by atoms with Gasteiger partial charge >= 0.3 is 0 Å². The van der Waals surface area contributed by atoms with Gasteiger partial charge in [0.2, 0.25) is 5.91 Å². The van der Waals surface area contributed by atoms with Gasteiger partial charge in [0.15, 0.2) is 0 Å². The average Bonchev–Trinajstić information content (AvgIpc) is 3.27. The molecule has 1 heterocycles. The van der Waals surface area contributed by atoms with Gasteiger partial charge < -0.3 is 9.88 Å². The third-order valence-corrected chi connectivity index (χ3v) is 4.82. The van der Waals surface area contributed by atoms with Crippen molar-refractivity contribution in [3.05, 3.63) is 41.7 Å². The van der Waals surface area contributed by atoms with E-state index in [4.69, 9.17) is 0 Å². The van der Waals surface area contributed by atoms with E-state index in [1.54, 1.807) is 25.4 Å². The topological polar surface area (TPSA) is 71.8 Å². The zero-order valence-electron chi connectivity index (χ0n) is 14.6. The molecule has 0 unspecified atom stereocenters. The minimum Gasteiger partial charge on any atom is -0.325 e. The van der Waals surface area contributed by atoms with Crippen molar-refractivity contribution in [1.82, 2.24) is 20.1 Å². The summed E-state index contributed by atoms with van der Waals surface area (Å²) in [4.78, 5) is 12.2. The molecule has 1 aliphatic rings. The summed E-state index contributed by atoms with van der Waals surface area (Å²) in [6.07, 6.45) is 6.55. The third kappa shape index (κ3) is 4.04. The molecular formula is C18H24FN5O. The molecule has 1 fully saturated rings. The highest BCUT2D eigenvalue weighted by Gasteiger charge is 2.22. The second kappa shape index (κ2) is 7.74. The fourth-order valence-corrected chi connectivity index (χ4v) is 3.30. The van der Waals surface area contributed by atoms with Crippen LogP contribution in [0.5, 0.6) is 0 Å². The lowest BCUT2D eigenvalue weighted by Gasteiger charge is -2.18. The number of nitrogens with one attached hydrogen (secondary N) is 2. The highest BCUT2D eigenvalue weighted by molar-refractivity contribution is 5.92. The smallest absolute Gasteiger partial charge is 0.238 e. The van der Waals surface area contributed by atoms with Gasteiger partial charge in [0.25, 0.3) is 0 Å². The van der Waals surface area contributed by atoms with Gasteiger partial charge in [-0.05, 0) is 38.8 Å². The van der Waals surface area contributed by atoms with Crippen LogP contribution in [0.25, 0.3) is 0 Å². The summed E-state index contributed by atoms with van der Waals surface area (Å²) >= 11 is 0. The number of carbonyl (C=O) groups excluding carboxylic acids is 1. The second-order valence-electron chi connectivity index (χ2n) is 6.60. The maximum atomic E-state index is 13.5. The number of aromatic nitrogens is 3. The van der Waals surface area contributed by atoms with Gasteiger partial charge in [-0.2, -0.15) is 0 Å². The van der Waals surface area contributed by atoms with Crippen molar-refractivity contribution in [3.63, 3.8) is 0 Å². The monoisotopic (exact) mass is 345 g/mol. The molecule has 1 aromatic carbocycles. The number of carbonyl (C=O) groups is 1. The van der Waals surface area contributed by atoms with Gasteiger partial charge in [-0.15, -0.1) is 10.2 Å². The SMILES string of the molecule is Cc1c(F)cccc1NC(=O)CN[C@@H](C)c1nncn1C1CCCC1. The van der Waals surface area contributed by atoms with Crippen molar-refractivity contribution < 1.29 is 9.18 Å². The van der Waals surface area contributed by atoms with Crippen molar-refractivity contribution in [2.75, 3.05) is 11.9 Å². The summed E-state index contributed by atoms with van der Waals surface area (Å²) in [5, 5.41) is 14.2. The summed E-state index contributed by atoms with van der Waals surface area (Å²) in [6, 6.07) is 5.01. The second-order valence-corrected chi connectivity index (χ2v) is 6.60. The molecule has 134 valence electrons. The fourth-order valence-electron chi connectivity index (χ4n) is 3.30. The molecule has 1 saturated carbocycles. The van der Waals surface area contributed by atoms with Crippen LogP contribution in [0.2, 0.25) is 0 Å². The molecule has 1 amide bonds. The van der Waals surface area contributed by atoms with Crippen molar-refractivity contribution in [3.8, 4) is 0 Å². The predicted molar refractivity (Wildman–Crippen MR) is 93.7 cm³/mol. The summed E-state index contributed by atoms with van der Waals surface area (Å²) in [7, 11) is 0. The molecule has 0 radical (unpaired) electrons. The van der Waals surface area contributed by atoms with E-state index in [0.717, 1.165) is 18.7 Å². The van der Waals surface area contributed by atoms with Crippen LogP contribution >= 0.6 is 0 Å². The van der Waals surface area contributed by atoms with E-state index in [1.165, 1.54) is 18.9 Å². The van der Waals surface area contributed by atoms with E-state index in [9.17, 15) is 9.18 Å². The van der Waals surface area contributed by atoms with Crippen LogP contribution in [0.3, 0.4) is 0 Å². The Kier molecular flexibility index (Phi) is 5.43. The Morgan fingerprint density at radius 1 is 1.40 bits per heavy atom. The van der Waals surface area contributed by atoms with Crippen LogP contribution in [0, 0.1) is 12.7 Å². The summed E-state index contributed by atoms with van der Waals surface area (Å²) in [5.74, 6) is 0.304. The van der Waals surface area contributed by atoms with Crippen LogP contribution in [0.15, 0.2) is 24.5 Å². The van der Waals surface area contributed by atoms with Gasteiger partial charge in [-0.1, -0.05) is 18.9 Å². The average molecular weight is 345 g/mol. The predicted octanol–water partition coefficient (Wildman–Crippen LogP) is 3.13. The Balaban J connectivity index is 1.57. The molecule has 1 aliphatic carbocycles. The van der Waals surface area contributed by atoms with Crippen LogP contribution in [0.1, 0.15) is 56.1 Å². The normalized spacial score (nSPS) is 16.1. The summed E-state index contributed by atoms with van der Waals surface area (Å²) in [6.45, 7) is 3.73. The number of benzene rings is 1. The number of nitrogens with zero attached hydrogens (tertiary/aromatic N) is 3. The quantitative estimate of drug-likeness (QED) is 0.844. The number of anilines is 1. The van der Waals surface area contributed by atoms with E-state index in [0.29, 0.717) is 17.3 Å². The first-order valence-corrected chi connectivity index (χ1v) is 8.74. The number of rotatable bonds is 6. The highest BCUT2D eigenvalue weighted by atomic mass is 19.1. The summed E-state index contributed by atoms with van der Waals surface area (Å²) in [5.41, 5.74) is 0.929. The first kappa shape index (κ1) is 17.5. The lowest BCUT2D eigenvalue weighted by atomic mass is 10.2. The molecule has 1 atom stereocenters. The molecule has 6 nitrogen and oxygen atoms in total. The Morgan fingerprint density at radius 2 is 2.16 bits per heavy atom. The van der Waals surface area contributed by atoms with Gasteiger partial charge in [-0.3, -0.25) is 10.1 Å². The van der Waals surface area contributed by atoms with Crippen LogP contribution in [-0.4, -0.2) is 27.2 Å². The molecule has 7 heteroatoms. The minimum atomic E-state index is -0.330. The van der Waals surface area contributed by atoms with E-state index in [2.05, 4.69) is 25.4 Å². The van der Waals surface area contributed by atoms with E-state index in [1.807, 2.05) is 6.92 Å². The maximum Gasteiger partial charge on any atom is 0.238 e. The largest absolute Gasteiger partial charge is 0.325 e. The lowest BCUT2D eigenvalue weighted by Crippen LogP contribution is -2.32. The zero-order chi connectivity index (χ0) is 17.8. The van der Waals surface area contributed by atoms with Crippen LogP contribution in [-0.2, 0) is 4.79 Å². The number of hydrogen-bond acceptors (Lipinski definition) is 4. The van der Waals surface area contributed by atoms with Crippen molar-refractivity contribution in [2.24, 2.45) is 0 Å². The number of hydrogen-bond donors (Lipinski definition) is 2. The molecule has 3 rings (SSSR count). The van der Waals surface area contributed by atoms with Crippen LogP contribution < -0.4 is 10.6 Å². The molecule has 0 spiro atoms. The zero-order valence-corrected chi connectivity index (χ0v) is 14.6. The Morgan fingerprint density at radius 3 is 2.92 bits per heavy atom. The van der Waals surface area contributed by atoms with E-state index < -0.39 is 0 Å². The van der Waals surface area contributed by atoms with Gasteiger partial charge in [-0.25, -0.2) is 4.39 Å². The van der Waals surface area contributed by atoms with Gasteiger partial charge in [0.05, 0.1) is 12.6 Å². The first-order valence-electron chi connectivity index (χ1n) is 8.74. The minimum absolute atomic E-state index is 0.0949. The van der Waals surface area contributed by atoms with Gasteiger partial charge in [0.1, 0.15) is 18.0 Å². The number of amides is 1. The maximum absolute atomic E-state index is 13.5. The van der Waals surface area contributed by atoms with E-state index in [-0.39, 0.29) is 24.3 Å². The van der Waals surface area contributed by atoms with Crippen LogP contribution in [0.4, 0.5) is 10.1 Å². The van der Waals surface area contributed by atoms with Crippen molar-refractivity contribution >= 4 is 11.6 Å². The molecule has 25 heavy (non-hydrogen) atoms. The number of halogens is 1. The lowest BCUT2D eigenvalue weighted by molar-refractivity contribution is -0.115.